The average Bonchev–Trinajstić information content (AvgIpc) is 3.23. The molecule has 1 heterocycles. The number of esters is 1. The van der Waals surface area contributed by atoms with Gasteiger partial charge in [0.15, 0.2) is 11.5 Å². The molecule has 0 aliphatic heterocycles. The van der Waals surface area contributed by atoms with Crippen LogP contribution in [-0.2, 0) is 16.1 Å². The zero-order chi connectivity index (χ0) is 16.9. The Morgan fingerprint density at radius 3 is 2.88 bits per heavy atom. The molecule has 3 rings (SSSR count). The van der Waals surface area contributed by atoms with Crippen LogP contribution in [-0.4, -0.2) is 19.7 Å². The molecule has 1 aliphatic carbocycles. The summed E-state index contributed by atoms with van der Waals surface area (Å²) in [6, 6.07) is 9.32. The summed E-state index contributed by atoms with van der Waals surface area (Å²) in [5, 5.41) is 0. The number of carbonyl (C=O) groups is 1. The zero-order valence-electron chi connectivity index (χ0n) is 14.0. The lowest BCUT2D eigenvalue weighted by molar-refractivity contribution is -0.146. The lowest BCUT2D eigenvalue weighted by Gasteiger charge is -2.12. The molecule has 5 nitrogen and oxygen atoms in total. The van der Waals surface area contributed by atoms with Crippen LogP contribution in [0.5, 0.6) is 11.5 Å². The van der Waals surface area contributed by atoms with Crippen molar-refractivity contribution in [2.45, 2.75) is 32.3 Å². The van der Waals surface area contributed by atoms with E-state index in [1.165, 1.54) is 0 Å². The Balaban J connectivity index is 1.54. The summed E-state index contributed by atoms with van der Waals surface area (Å²) in [5.74, 6) is 2.10. The van der Waals surface area contributed by atoms with Crippen LogP contribution >= 0.6 is 0 Å². The number of carbonyl (C=O) groups excluding carboxylic acids is 1. The summed E-state index contributed by atoms with van der Waals surface area (Å²) in [4.78, 5) is 12.1. The van der Waals surface area contributed by atoms with Gasteiger partial charge in [-0.3, -0.25) is 4.79 Å². The smallest absolute Gasteiger partial charge is 0.310 e. The molecule has 2 atom stereocenters. The normalized spacial score (nSPS) is 18.9. The third-order valence-electron chi connectivity index (χ3n) is 4.07. The van der Waals surface area contributed by atoms with Gasteiger partial charge in [-0.2, -0.15) is 0 Å². The van der Waals surface area contributed by atoms with Crippen molar-refractivity contribution < 1.29 is 23.4 Å². The van der Waals surface area contributed by atoms with Gasteiger partial charge in [-0.05, 0) is 42.7 Å². The topological polar surface area (TPSA) is 57.9 Å². The highest BCUT2D eigenvalue weighted by Gasteiger charge is 2.47. The molecular weight excluding hydrogens is 308 g/mol. The highest BCUT2D eigenvalue weighted by atomic mass is 16.5. The monoisotopic (exact) mass is 330 g/mol. The third kappa shape index (κ3) is 3.72. The van der Waals surface area contributed by atoms with Gasteiger partial charge in [0, 0.05) is 5.92 Å². The fourth-order valence-electron chi connectivity index (χ4n) is 2.67. The maximum absolute atomic E-state index is 12.1. The van der Waals surface area contributed by atoms with Crippen molar-refractivity contribution in [3.8, 4) is 11.5 Å². The van der Waals surface area contributed by atoms with Crippen LogP contribution in [0.2, 0.25) is 0 Å². The molecule has 5 heteroatoms. The zero-order valence-corrected chi connectivity index (χ0v) is 14.0. The van der Waals surface area contributed by atoms with Gasteiger partial charge in [-0.1, -0.05) is 13.0 Å². The first-order valence-corrected chi connectivity index (χ1v) is 8.22. The first kappa shape index (κ1) is 16.4. The number of rotatable bonds is 8. The summed E-state index contributed by atoms with van der Waals surface area (Å²) in [6.45, 7) is 2.92. The summed E-state index contributed by atoms with van der Waals surface area (Å²) >= 11 is 0. The van der Waals surface area contributed by atoms with Crippen LogP contribution in [0.15, 0.2) is 41.0 Å². The summed E-state index contributed by atoms with van der Waals surface area (Å²) in [7, 11) is 1.60. The predicted octanol–water partition coefficient (Wildman–Crippen LogP) is 3.92. The van der Waals surface area contributed by atoms with E-state index in [0.29, 0.717) is 18.1 Å². The molecule has 0 spiro atoms. The minimum Gasteiger partial charge on any atom is -0.493 e. The maximum Gasteiger partial charge on any atom is 0.310 e. The van der Waals surface area contributed by atoms with E-state index < -0.39 is 0 Å². The van der Waals surface area contributed by atoms with Gasteiger partial charge in [-0.15, -0.1) is 0 Å². The van der Waals surface area contributed by atoms with Gasteiger partial charge in [-0.25, -0.2) is 0 Å². The number of methoxy groups -OCH3 is 1. The molecule has 1 aromatic heterocycles. The van der Waals surface area contributed by atoms with E-state index >= 15 is 0 Å². The van der Waals surface area contributed by atoms with Crippen LogP contribution < -0.4 is 9.47 Å². The van der Waals surface area contributed by atoms with Crippen molar-refractivity contribution in [2.24, 2.45) is 5.92 Å². The van der Waals surface area contributed by atoms with E-state index in [-0.39, 0.29) is 24.4 Å². The molecule has 128 valence electrons. The SMILES string of the molecule is CCCOc1ccc(COC(=O)C2CC2c2ccco2)cc1OC. The van der Waals surface area contributed by atoms with Crippen molar-refractivity contribution in [2.75, 3.05) is 13.7 Å². The molecule has 24 heavy (non-hydrogen) atoms. The van der Waals surface area contributed by atoms with Gasteiger partial charge < -0.3 is 18.6 Å². The van der Waals surface area contributed by atoms with E-state index in [2.05, 4.69) is 0 Å². The van der Waals surface area contributed by atoms with E-state index in [0.717, 1.165) is 24.2 Å². The Morgan fingerprint density at radius 2 is 2.17 bits per heavy atom. The van der Waals surface area contributed by atoms with Gasteiger partial charge >= 0.3 is 5.97 Å². The van der Waals surface area contributed by atoms with Crippen molar-refractivity contribution in [3.05, 3.63) is 47.9 Å². The number of furan rings is 1. The van der Waals surface area contributed by atoms with Crippen LogP contribution in [0.4, 0.5) is 0 Å². The van der Waals surface area contributed by atoms with E-state index in [9.17, 15) is 4.79 Å². The lowest BCUT2D eigenvalue weighted by atomic mass is 10.2. The minimum absolute atomic E-state index is 0.0924. The van der Waals surface area contributed by atoms with Crippen LogP contribution in [0.1, 0.15) is 37.0 Å². The Labute approximate surface area is 141 Å². The highest BCUT2D eigenvalue weighted by Crippen LogP contribution is 2.48. The Kier molecular flexibility index (Phi) is 5.08. The lowest BCUT2D eigenvalue weighted by Crippen LogP contribution is -2.08. The fourth-order valence-corrected chi connectivity index (χ4v) is 2.67. The fraction of sp³-hybridized carbons (Fsp3) is 0.421. The number of benzene rings is 1. The van der Waals surface area contributed by atoms with Crippen molar-refractivity contribution in [1.29, 1.82) is 0 Å². The van der Waals surface area contributed by atoms with Gasteiger partial charge in [0.05, 0.1) is 25.9 Å². The summed E-state index contributed by atoms with van der Waals surface area (Å²) < 4.78 is 21.7. The van der Waals surface area contributed by atoms with Gasteiger partial charge in [0.25, 0.3) is 0 Å². The van der Waals surface area contributed by atoms with E-state index in [1.807, 2.05) is 37.3 Å². The molecule has 1 fully saturated rings. The molecule has 0 bridgehead atoms. The van der Waals surface area contributed by atoms with Crippen molar-refractivity contribution in [3.63, 3.8) is 0 Å². The molecule has 0 amide bonds. The maximum atomic E-state index is 12.1. The molecule has 1 aliphatic rings. The van der Waals surface area contributed by atoms with Gasteiger partial charge in [0.2, 0.25) is 0 Å². The molecule has 1 saturated carbocycles. The average molecular weight is 330 g/mol. The second kappa shape index (κ2) is 7.43. The Bertz CT molecular complexity index is 677. The van der Waals surface area contributed by atoms with Crippen LogP contribution in [0, 0.1) is 5.92 Å². The summed E-state index contributed by atoms with van der Waals surface area (Å²) in [6.07, 6.45) is 3.35. The van der Waals surface area contributed by atoms with Crippen molar-refractivity contribution in [1.82, 2.24) is 0 Å². The molecule has 2 unspecified atom stereocenters. The number of hydrogen-bond acceptors (Lipinski definition) is 5. The number of hydrogen-bond donors (Lipinski definition) is 0. The molecular formula is C19H22O5. The second-order valence-electron chi connectivity index (χ2n) is 5.91. The molecule has 0 N–H and O–H groups in total. The largest absolute Gasteiger partial charge is 0.493 e. The van der Waals surface area contributed by atoms with Gasteiger partial charge in [0.1, 0.15) is 12.4 Å². The predicted molar refractivity (Wildman–Crippen MR) is 88.1 cm³/mol. The molecule has 1 aromatic carbocycles. The minimum atomic E-state index is -0.179. The van der Waals surface area contributed by atoms with Crippen molar-refractivity contribution >= 4 is 5.97 Å². The Morgan fingerprint density at radius 1 is 1.29 bits per heavy atom. The first-order chi connectivity index (χ1) is 11.7. The molecule has 2 aromatic rings. The first-order valence-electron chi connectivity index (χ1n) is 8.22. The van der Waals surface area contributed by atoms with E-state index in [4.69, 9.17) is 18.6 Å². The Hall–Kier alpha value is -2.43. The standard InChI is InChI=1S/C19H22O5/c1-3-8-22-17-7-6-13(10-18(17)21-2)12-24-19(20)15-11-14(15)16-5-4-9-23-16/h4-7,9-10,14-15H,3,8,11-12H2,1-2H3. The highest BCUT2D eigenvalue weighted by molar-refractivity contribution is 5.77. The number of ether oxygens (including phenoxy) is 3. The quantitative estimate of drug-likeness (QED) is 0.687. The molecule has 0 saturated heterocycles. The second-order valence-corrected chi connectivity index (χ2v) is 5.91. The summed E-state index contributed by atoms with van der Waals surface area (Å²) in [5.41, 5.74) is 0.874. The van der Waals surface area contributed by atoms with Crippen LogP contribution in [0.3, 0.4) is 0 Å². The van der Waals surface area contributed by atoms with Crippen LogP contribution in [0.25, 0.3) is 0 Å². The third-order valence-corrected chi connectivity index (χ3v) is 4.07. The van der Waals surface area contributed by atoms with E-state index in [1.54, 1.807) is 13.4 Å². The molecule has 0 radical (unpaired) electrons.